The molecule has 0 saturated carbocycles. The van der Waals surface area contributed by atoms with E-state index in [0.717, 1.165) is 25.4 Å². The van der Waals surface area contributed by atoms with Crippen molar-refractivity contribution in [3.63, 3.8) is 0 Å². The molecule has 5 heteroatoms. The molecule has 1 N–H and O–H groups in total. The largest absolute Gasteiger partial charge is 0.382 e. The summed E-state index contributed by atoms with van der Waals surface area (Å²) in [6.45, 7) is 3.33. The van der Waals surface area contributed by atoms with E-state index in [1.54, 1.807) is 12.1 Å². The molecule has 0 spiro atoms. The van der Waals surface area contributed by atoms with E-state index in [1.807, 2.05) is 0 Å². The van der Waals surface area contributed by atoms with Crippen LogP contribution in [0.15, 0.2) is 18.2 Å². The number of morpholine rings is 1. The monoisotopic (exact) mass is 258 g/mol. The van der Waals surface area contributed by atoms with Gasteiger partial charge in [0.2, 0.25) is 0 Å². The first-order valence-electron chi connectivity index (χ1n) is 5.64. The van der Waals surface area contributed by atoms with Gasteiger partial charge in [0.15, 0.2) is 0 Å². The third kappa shape index (κ3) is 3.56. The first-order valence-corrected chi connectivity index (χ1v) is 6.02. The van der Waals surface area contributed by atoms with Gasteiger partial charge in [0.25, 0.3) is 0 Å². The number of benzene rings is 1. The molecule has 1 unspecified atom stereocenters. The van der Waals surface area contributed by atoms with E-state index in [1.165, 1.54) is 6.07 Å². The van der Waals surface area contributed by atoms with Gasteiger partial charge in [-0.2, -0.15) is 0 Å². The van der Waals surface area contributed by atoms with E-state index in [-0.39, 0.29) is 11.1 Å². The molecule has 0 aliphatic carbocycles. The van der Waals surface area contributed by atoms with E-state index >= 15 is 0 Å². The predicted octanol–water partition coefficient (Wildman–Crippen LogP) is 2.22. The highest BCUT2D eigenvalue weighted by Crippen LogP contribution is 2.19. The van der Waals surface area contributed by atoms with Crippen LogP contribution in [0.1, 0.15) is 0 Å². The van der Waals surface area contributed by atoms with Crippen LogP contribution in [0.5, 0.6) is 0 Å². The second kappa shape index (κ2) is 5.67. The first kappa shape index (κ1) is 12.6. The Bertz CT molecular complexity index is 389. The summed E-state index contributed by atoms with van der Waals surface area (Å²) < 4.78 is 18.6. The molecule has 0 radical (unpaired) electrons. The summed E-state index contributed by atoms with van der Waals surface area (Å²) in [6.07, 6.45) is 0.164. The summed E-state index contributed by atoms with van der Waals surface area (Å²) >= 11 is 5.70. The molecule has 2 rings (SSSR count). The van der Waals surface area contributed by atoms with Crippen LogP contribution in [-0.4, -0.2) is 44.3 Å². The number of nitrogens with zero attached hydrogens (tertiary/aromatic N) is 1. The van der Waals surface area contributed by atoms with Crippen molar-refractivity contribution in [2.24, 2.45) is 0 Å². The lowest BCUT2D eigenvalue weighted by Crippen LogP contribution is -2.43. The lowest BCUT2D eigenvalue weighted by atomic mass is 10.2. The second-order valence-electron chi connectivity index (χ2n) is 4.26. The Morgan fingerprint density at radius 2 is 2.41 bits per heavy atom. The molecule has 0 bridgehead atoms. The van der Waals surface area contributed by atoms with Crippen LogP contribution >= 0.6 is 11.6 Å². The van der Waals surface area contributed by atoms with Crippen molar-refractivity contribution in [3.05, 3.63) is 29.0 Å². The van der Waals surface area contributed by atoms with Gasteiger partial charge in [0.05, 0.1) is 17.7 Å². The Hall–Kier alpha value is -0.840. The molecule has 1 aliphatic rings. The van der Waals surface area contributed by atoms with E-state index in [2.05, 4.69) is 17.3 Å². The molecule has 0 amide bonds. The highest BCUT2D eigenvalue weighted by atomic mass is 35.5. The Balaban J connectivity index is 1.86. The highest BCUT2D eigenvalue weighted by molar-refractivity contribution is 6.31. The van der Waals surface area contributed by atoms with Gasteiger partial charge in [-0.25, -0.2) is 4.39 Å². The zero-order valence-electron chi connectivity index (χ0n) is 9.75. The minimum atomic E-state index is -0.397. The van der Waals surface area contributed by atoms with Crippen LogP contribution in [0.2, 0.25) is 5.02 Å². The van der Waals surface area contributed by atoms with Crippen molar-refractivity contribution in [2.45, 2.75) is 6.10 Å². The summed E-state index contributed by atoms with van der Waals surface area (Å²) in [5.74, 6) is -0.397. The lowest BCUT2D eigenvalue weighted by Gasteiger charge is -2.30. The fourth-order valence-corrected chi connectivity index (χ4v) is 2.01. The van der Waals surface area contributed by atoms with Crippen molar-refractivity contribution in [3.8, 4) is 0 Å². The predicted molar refractivity (Wildman–Crippen MR) is 67.1 cm³/mol. The Labute approximate surface area is 106 Å². The molecule has 1 fully saturated rings. The highest BCUT2D eigenvalue weighted by Gasteiger charge is 2.17. The fourth-order valence-electron chi connectivity index (χ4n) is 1.83. The van der Waals surface area contributed by atoms with Gasteiger partial charge in [0, 0.05) is 25.3 Å². The van der Waals surface area contributed by atoms with Gasteiger partial charge in [0.1, 0.15) is 5.82 Å². The molecule has 3 nitrogen and oxygen atoms in total. The quantitative estimate of drug-likeness (QED) is 0.900. The molecule has 1 atom stereocenters. The number of ether oxygens (including phenoxy) is 1. The third-order valence-corrected chi connectivity index (χ3v) is 3.08. The maximum Gasteiger partial charge on any atom is 0.141 e. The fraction of sp³-hybridized carbons (Fsp3) is 0.500. The van der Waals surface area contributed by atoms with E-state index in [9.17, 15) is 4.39 Å². The lowest BCUT2D eigenvalue weighted by molar-refractivity contribution is -0.0117. The number of halogens is 2. The number of nitrogens with one attached hydrogen (secondary N) is 1. The maximum atomic E-state index is 13.0. The standard InChI is InChI=1S/C12H16ClFN2O/c1-16-4-5-17-10(8-16)7-15-9-2-3-12(14)11(13)6-9/h2-3,6,10,15H,4-5,7-8H2,1H3. The minimum absolute atomic E-state index is 0.136. The third-order valence-electron chi connectivity index (χ3n) is 2.80. The summed E-state index contributed by atoms with van der Waals surface area (Å²) in [5.41, 5.74) is 0.813. The molecular formula is C12H16ClFN2O. The van der Waals surface area contributed by atoms with E-state index in [0.29, 0.717) is 6.54 Å². The van der Waals surface area contributed by atoms with Crippen LogP contribution in [0.4, 0.5) is 10.1 Å². The molecular weight excluding hydrogens is 243 g/mol. The van der Waals surface area contributed by atoms with Crippen LogP contribution < -0.4 is 5.32 Å². The SMILES string of the molecule is CN1CCOC(CNc2ccc(F)c(Cl)c2)C1. The van der Waals surface area contributed by atoms with Gasteiger partial charge >= 0.3 is 0 Å². The minimum Gasteiger partial charge on any atom is -0.382 e. The average Bonchev–Trinajstić information content (AvgIpc) is 2.31. The maximum absolute atomic E-state index is 13.0. The van der Waals surface area contributed by atoms with Crippen molar-refractivity contribution in [1.29, 1.82) is 0 Å². The smallest absolute Gasteiger partial charge is 0.141 e. The Kier molecular flexibility index (Phi) is 4.20. The van der Waals surface area contributed by atoms with E-state index in [4.69, 9.17) is 16.3 Å². The number of anilines is 1. The van der Waals surface area contributed by atoms with Gasteiger partial charge in [-0.3, -0.25) is 0 Å². The normalized spacial score (nSPS) is 21.5. The number of hydrogen-bond acceptors (Lipinski definition) is 3. The van der Waals surface area contributed by atoms with Gasteiger partial charge < -0.3 is 15.0 Å². The van der Waals surface area contributed by atoms with Crippen molar-refractivity contribution >= 4 is 17.3 Å². The molecule has 1 saturated heterocycles. The zero-order valence-corrected chi connectivity index (χ0v) is 10.5. The number of likely N-dealkylation sites (N-methyl/N-ethyl adjacent to an activating group) is 1. The van der Waals surface area contributed by atoms with Crippen molar-refractivity contribution in [2.75, 3.05) is 38.6 Å². The van der Waals surface area contributed by atoms with Crippen LogP contribution in [0.25, 0.3) is 0 Å². The van der Waals surface area contributed by atoms with Crippen LogP contribution in [0.3, 0.4) is 0 Å². The van der Waals surface area contributed by atoms with Crippen LogP contribution in [0, 0.1) is 5.82 Å². The Morgan fingerprint density at radius 3 is 3.12 bits per heavy atom. The van der Waals surface area contributed by atoms with Crippen LogP contribution in [-0.2, 0) is 4.74 Å². The molecule has 1 aliphatic heterocycles. The Morgan fingerprint density at radius 1 is 1.59 bits per heavy atom. The number of hydrogen-bond donors (Lipinski definition) is 1. The number of rotatable bonds is 3. The molecule has 0 aromatic heterocycles. The summed E-state index contributed by atoms with van der Waals surface area (Å²) in [5, 5.41) is 3.34. The molecule has 94 valence electrons. The molecule has 1 aromatic rings. The van der Waals surface area contributed by atoms with Gasteiger partial charge in [-0.1, -0.05) is 11.6 Å². The topological polar surface area (TPSA) is 24.5 Å². The average molecular weight is 259 g/mol. The van der Waals surface area contributed by atoms with Gasteiger partial charge in [-0.15, -0.1) is 0 Å². The van der Waals surface area contributed by atoms with E-state index < -0.39 is 5.82 Å². The van der Waals surface area contributed by atoms with Gasteiger partial charge in [-0.05, 0) is 25.2 Å². The molecule has 17 heavy (non-hydrogen) atoms. The summed E-state index contributed by atoms with van der Waals surface area (Å²) in [7, 11) is 2.07. The van der Waals surface area contributed by atoms with Crippen molar-refractivity contribution in [1.82, 2.24) is 4.90 Å². The summed E-state index contributed by atoms with van der Waals surface area (Å²) in [6, 6.07) is 4.62. The summed E-state index contributed by atoms with van der Waals surface area (Å²) in [4.78, 5) is 2.23. The molecule has 1 aromatic carbocycles. The zero-order chi connectivity index (χ0) is 12.3. The van der Waals surface area contributed by atoms with Crippen molar-refractivity contribution < 1.29 is 9.13 Å². The molecule has 1 heterocycles. The second-order valence-corrected chi connectivity index (χ2v) is 4.67. The first-order chi connectivity index (χ1) is 8.15.